The molecule has 1 aromatic heterocycles. The molecule has 1 aromatic carbocycles. The van der Waals surface area contributed by atoms with Gasteiger partial charge in [-0.1, -0.05) is 17.7 Å². The molecular weight excluding hydrogens is 290 g/mol. The molecule has 2 amide bonds. The van der Waals surface area contributed by atoms with Crippen molar-refractivity contribution in [1.29, 1.82) is 0 Å². The number of carbonyl (C=O) groups is 1. The number of benzene rings is 1. The van der Waals surface area contributed by atoms with Gasteiger partial charge in [0.25, 0.3) is 10.0 Å². The molecule has 7 heteroatoms. The predicted molar refractivity (Wildman–Crippen MR) is 79.1 cm³/mol. The Morgan fingerprint density at radius 2 is 1.86 bits per heavy atom. The maximum atomic E-state index is 12.0. The molecule has 21 heavy (non-hydrogen) atoms. The van der Waals surface area contributed by atoms with Crippen molar-refractivity contribution in [3.05, 3.63) is 53.9 Å². The van der Waals surface area contributed by atoms with Crippen molar-refractivity contribution in [2.75, 3.05) is 0 Å². The van der Waals surface area contributed by atoms with Crippen molar-refractivity contribution in [2.45, 2.75) is 18.4 Å². The van der Waals surface area contributed by atoms with Crippen LogP contribution in [-0.4, -0.2) is 19.0 Å². The van der Waals surface area contributed by atoms with Crippen LogP contribution in [0.1, 0.15) is 11.1 Å². The second-order valence-corrected chi connectivity index (χ2v) is 6.47. The number of nitrogens with zero attached hydrogens (tertiary/aromatic N) is 1. The molecule has 0 spiro atoms. The van der Waals surface area contributed by atoms with Crippen LogP contribution in [0.3, 0.4) is 0 Å². The van der Waals surface area contributed by atoms with E-state index < -0.39 is 16.1 Å². The molecule has 2 rings (SSSR count). The van der Waals surface area contributed by atoms with Gasteiger partial charge in [-0.05, 0) is 30.7 Å². The van der Waals surface area contributed by atoms with Crippen LogP contribution >= 0.6 is 0 Å². The summed E-state index contributed by atoms with van der Waals surface area (Å²) in [5, 5.41) is 2.51. The van der Waals surface area contributed by atoms with Crippen LogP contribution in [-0.2, 0) is 23.6 Å². The Balaban J connectivity index is 1.96. The number of carbonyl (C=O) groups excluding carboxylic acids is 1. The van der Waals surface area contributed by atoms with E-state index in [1.165, 1.54) is 12.1 Å². The quantitative estimate of drug-likeness (QED) is 0.898. The number of sulfonamides is 1. The third-order valence-corrected chi connectivity index (χ3v) is 4.25. The molecule has 0 aliphatic carbocycles. The Bertz CT molecular complexity index is 733. The monoisotopic (exact) mass is 307 g/mol. The first-order valence-electron chi connectivity index (χ1n) is 6.35. The molecule has 112 valence electrons. The summed E-state index contributed by atoms with van der Waals surface area (Å²) < 4.78 is 27.8. The molecular formula is C14H17N3O3S. The van der Waals surface area contributed by atoms with Crippen LogP contribution in [0.15, 0.2) is 47.6 Å². The van der Waals surface area contributed by atoms with Gasteiger partial charge in [0.2, 0.25) is 0 Å². The minimum Gasteiger partial charge on any atom is -0.357 e. The minimum absolute atomic E-state index is 0.0583. The fraction of sp³-hybridized carbons (Fsp3) is 0.214. The molecule has 1 heterocycles. The lowest BCUT2D eigenvalue weighted by Gasteiger charge is -2.08. The minimum atomic E-state index is -3.84. The van der Waals surface area contributed by atoms with Crippen molar-refractivity contribution < 1.29 is 13.2 Å². The summed E-state index contributed by atoms with van der Waals surface area (Å²) in [5.74, 6) is 0. The number of hydrogen-bond donors (Lipinski definition) is 2. The second kappa shape index (κ2) is 6.01. The topological polar surface area (TPSA) is 80.2 Å². The molecule has 0 fully saturated rings. The zero-order chi connectivity index (χ0) is 15.5. The maximum Gasteiger partial charge on any atom is 0.328 e. The van der Waals surface area contributed by atoms with E-state index in [1.807, 2.05) is 41.7 Å². The largest absolute Gasteiger partial charge is 0.357 e. The van der Waals surface area contributed by atoms with Crippen LogP contribution in [0, 0.1) is 6.92 Å². The van der Waals surface area contributed by atoms with E-state index >= 15 is 0 Å². The third kappa shape index (κ3) is 4.09. The maximum absolute atomic E-state index is 12.0. The average Bonchev–Trinajstić information content (AvgIpc) is 2.82. The molecule has 0 aliphatic rings. The number of aryl methyl sites for hydroxylation is 2. The van der Waals surface area contributed by atoms with Gasteiger partial charge in [0.15, 0.2) is 0 Å². The predicted octanol–water partition coefficient (Wildman–Crippen LogP) is 1.52. The normalized spacial score (nSPS) is 11.1. The summed E-state index contributed by atoms with van der Waals surface area (Å²) in [6.07, 6.45) is 3.69. The summed E-state index contributed by atoms with van der Waals surface area (Å²) in [7, 11) is -1.98. The van der Waals surface area contributed by atoms with Crippen molar-refractivity contribution in [3.63, 3.8) is 0 Å². The van der Waals surface area contributed by atoms with E-state index in [1.54, 1.807) is 12.1 Å². The zero-order valence-electron chi connectivity index (χ0n) is 11.8. The molecule has 0 radical (unpaired) electrons. The lowest BCUT2D eigenvalue weighted by atomic mass is 10.2. The molecule has 0 aliphatic heterocycles. The lowest BCUT2D eigenvalue weighted by Crippen LogP contribution is -2.38. The Morgan fingerprint density at radius 1 is 1.19 bits per heavy atom. The van der Waals surface area contributed by atoms with E-state index in [2.05, 4.69) is 5.32 Å². The molecule has 0 atom stereocenters. The van der Waals surface area contributed by atoms with Gasteiger partial charge in [-0.25, -0.2) is 17.9 Å². The standard InChI is InChI=1S/C14H17N3O3S/c1-11-3-5-13(6-4-11)21(19,20)16-14(18)15-9-12-7-8-17(2)10-12/h3-8,10H,9H2,1-2H3,(H2,15,16,18). The Labute approximate surface area is 123 Å². The molecule has 2 aromatic rings. The molecule has 0 bridgehead atoms. The smallest absolute Gasteiger partial charge is 0.328 e. The van der Waals surface area contributed by atoms with Gasteiger partial charge < -0.3 is 9.88 Å². The fourth-order valence-corrected chi connectivity index (χ4v) is 2.71. The summed E-state index contributed by atoms with van der Waals surface area (Å²) in [5.41, 5.74) is 1.84. The Hall–Kier alpha value is -2.28. The third-order valence-electron chi connectivity index (χ3n) is 2.90. The van der Waals surface area contributed by atoms with E-state index in [9.17, 15) is 13.2 Å². The number of nitrogens with one attached hydrogen (secondary N) is 2. The zero-order valence-corrected chi connectivity index (χ0v) is 12.6. The first kappa shape index (κ1) is 15.1. The highest BCUT2D eigenvalue weighted by Crippen LogP contribution is 2.09. The second-order valence-electron chi connectivity index (χ2n) is 4.79. The van der Waals surface area contributed by atoms with Crippen LogP contribution in [0.2, 0.25) is 0 Å². The van der Waals surface area contributed by atoms with Gasteiger partial charge >= 0.3 is 6.03 Å². The highest BCUT2D eigenvalue weighted by atomic mass is 32.2. The van der Waals surface area contributed by atoms with Crippen molar-refractivity contribution in [2.24, 2.45) is 7.05 Å². The lowest BCUT2D eigenvalue weighted by molar-refractivity contribution is 0.245. The van der Waals surface area contributed by atoms with Gasteiger partial charge in [-0.2, -0.15) is 0 Å². The number of hydrogen-bond acceptors (Lipinski definition) is 3. The number of urea groups is 1. The van der Waals surface area contributed by atoms with Gasteiger partial charge in [-0.15, -0.1) is 0 Å². The van der Waals surface area contributed by atoms with Crippen molar-refractivity contribution in [1.82, 2.24) is 14.6 Å². The van der Waals surface area contributed by atoms with Crippen molar-refractivity contribution >= 4 is 16.1 Å². The number of rotatable bonds is 4. The van der Waals surface area contributed by atoms with Crippen LogP contribution < -0.4 is 10.0 Å². The fourth-order valence-electron chi connectivity index (χ4n) is 1.78. The van der Waals surface area contributed by atoms with Crippen LogP contribution in [0.4, 0.5) is 4.79 Å². The summed E-state index contributed by atoms with van der Waals surface area (Å²) in [4.78, 5) is 11.7. The van der Waals surface area contributed by atoms with E-state index in [4.69, 9.17) is 0 Å². The van der Waals surface area contributed by atoms with E-state index in [0.717, 1.165) is 11.1 Å². The summed E-state index contributed by atoms with van der Waals surface area (Å²) in [6, 6.07) is 7.37. The molecule has 0 saturated carbocycles. The average molecular weight is 307 g/mol. The van der Waals surface area contributed by atoms with Gasteiger partial charge in [0.05, 0.1) is 4.90 Å². The van der Waals surface area contributed by atoms with E-state index in [-0.39, 0.29) is 11.4 Å². The van der Waals surface area contributed by atoms with Crippen molar-refractivity contribution in [3.8, 4) is 0 Å². The van der Waals surface area contributed by atoms with Gasteiger partial charge in [-0.3, -0.25) is 0 Å². The molecule has 0 saturated heterocycles. The van der Waals surface area contributed by atoms with Gasteiger partial charge in [0.1, 0.15) is 0 Å². The van der Waals surface area contributed by atoms with E-state index in [0.29, 0.717) is 0 Å². The molecule has 0 unspecified atom stereocenters. The SMILES string of the molecule is Cc1ccc(S(=O)(=O)NC(=O)NCc2ccn(C)c2)cc1. The Morgan fingerprint density at radius 3 is 2.43 bits per heavy atom. The summed E-state index contributed by atoms with van der Waals surface area (Å²) in [6.45, 7) is 2.12. The number of amides is 2. The highest BCUT2D eigenvalue weighted by molar-refractivity contribution is 7.90. The van der Waals surface area contributed by atoms with Gasteiger partial charge in [0, 0.05) is 26.0 Å². The number of aromatic nitrogens is 1. The highest BCUT2D eigenvalue weighted by Gasteiger charge is 2.16. The Kier molecular flexibility index (Phi) is 4.32. The molecule has 6 nitrogen and oxygen atoms in total. The van der Waals surface area contributed by atoms with Crippen LogP contribution in [0.25, 0.3) is 0 Å². The summed E-state index contributed by atoms with van der Waals surface area (Å²) >= 11 is 0. The molecule has 2 N–H and O–H groups in total. The van der Waals surface area contributed by atoms with Crippen LogP contribution in [0.5, 0.6) is 0 Å². The first-order valence-corrected chi connectivity index (χ1v) is 7.83. The first-order chi connectivity index (χ1) is 9.87.